The minimum atomic E-state index is -3.84. The number of sulfonamides is 1. The lowest BCUT2D eigenvalue weighted by atomic mass is 10.2. The van der Waals surface area contributed by atoms with E-state index in [2.05, 4.69) is 5.32 Å². The van der Waals surface area contributed by atoms with Crippen molar-refractivity contribution in [3.05, 3.63) is 14.7 Å². The number of hydrogen-bond acceptors (Lipinski definition) is 5. The lowest BCUT2D eigenvalue weighted by Crippen LogP contribution is -2.47. The number of nitrogens with zero attached hydrogens (tertiary/aromatic N) is 1. The molecule has 1 aromatic rings. The molecule has 2 heterocycles. The molecule has 22 heavy (non-hydrogen) atoms. The zero-order chi connectivity index (χ0) is 16.5. The van der Waals surface area contributed by atoms with Gasteiger partial charge in [0.2, 0.25) is 15.9 Å². The van der Waals surface area contributed by atoms with Crippen LogP contribution in [0.5, 0.6) is 0 Å². The van der Waals surface area contributed by atoms with Crippen LogP contribution in [-0.4, -0.2) is 42.8 Å². The molecule has 0 aromatic carbocycles. The van der Waals surface area contributed by atoms with E-state index in [1.54, 1.807) is 0 Å². The number of hydrogen-bond donors (Lipinski definition) is 1. The Kier molecular flexibility index (Phi) is 6.07. The van der Waals surface area contributed by atoms with E-state index in [0.717, 1.165) is 11.3 Å². The number of nitrogens with one attached hydrogen (secondary N) is 1. The van der Waals surface area contributed by atoms with Gasteiger partial charge in [-0.15, -0.1) is 23.1 Å². The van der Waals surface area contributed by atoms with Gasteiger partial charge < -0.3 is 5.32 Å². The highest BCUT2D eigenvalue weighted by Gasteiger charge is 2.41. The van der Waals surface area contributed by atoms with Gasteiger partial charge in [0.15, 0.2) is 0 Å². The molecule has 10 heteroatoms. The van der Waals surface area contributed by atoms with E-state index in [4.69, 9.17) is 23.2 Å². The van der Waals surface area contributed by atoms with Crippen LogP contribution >= 0.6 is 46.3 Å². The van der Waals surface area contributed by atoms with E-state index in [1.807, 2.05) is 13.8 Å². The first kappa shape index (κ1) is 18.4. The van der Waals surface area contributed by atoms with Gasteiger partial charge in [0.1, 0.15) is 15.3 Å². The normalized spacial score (nSPS) is 19.8. The van der Waals surface area contributed by atoms with Crippen LogP contribution in [0.2, 0.25) is 8.67 Å². The predicted molar refractivity (Wildman–Crippen MR) is 92.3 cm³/mol. The van der Waals surface area contributed by atoms with Crippen LogP contribution in [0.15, 0.2) is 11.0 Å². The molecule has 0 bridgehead atoms. The van der Waals surface area contributed by atoms with Crippen molar-refractivity contribution >= 4 is 62.2 Å². The number of amides is 1. The fraction of sp³-hybridized carbons (Fsp3) is 0.583. The maximum atomic E-state index is 12.7. The molecule has 2 rings (SSSR count). The molecule has 1 N–H and O–H groups in total. The second-order valence-corrected chi connectivity index (χ2v) is 10.4. The molecule has 5 nitrogen and oxygen atoms in total. The SMILES string of the molecule is CC(C)CNC(=O)C1CSCN1S(=O)(=O)c1cc(Cl)sc1Cl. The Morgan fingerprint density at radius 2 is 2.18 bits per heavy atom. The standard InChI is InChI=1S/C12H16Cl2N2O3S3/c1-7(2)4-15-12(17)8-5-20-6-16(8)22(18,19)9-3-10(13)21-11(9)14/h3,7-8H,4-6H2,1-2H3,(H,15,17). The lowest BCUT2D eigenvalue weighted by molar-refractivity contribution is -0.123. The van der Waals surface area contributed by atoms with Crippen LogP contribution in [0.4, 0.5) is 0 Å². The Morgan fingerprint density at radius 1 is 1.50 bits per heavy atom. The number of carbonyl (C=O) groups is 1. The Balaban J connectivity index is 2.22. The topological polar surface area (TPSA) is 66.5 Å². The quantitative estimate of drug-likeness (QED) is 0.821. The van der Waals surface area contributed by atoms with E-state index < -0.39 is 16.1 Å². The zero-order valence-electron chi connectivity index (χ0n) is 12.0. The molecule has 0 saturated carbocycles. The van der Waals surface area contributed by atoms with Crippen molar-refractivity contribution in [1.82, 2.24) is 9.62 Å². The van der Waals surface area contributed by atoms with Crippen molar-refractivity contribution in [2.75, 3.05) is 18.2 Å². The summed E-state index contributed by atoms with van der Waals surface area (Å²) in [4.78, 5) is 12.2. The minimum absolute atomic E-state index is 0.0340. The Morgan fingerprint density at radius 3 is 2.73 bits per heavy atom. The maximum absolute atomic E-state index is 12.7. The van der Waals surface area contributed by atoms with Crippen molar-refractivity contribution < 1.29 is 13.2 Å². The molecule has 124 valence electrons. The highest BCUT2D eigenvalue weighted by Crippen LogP contribution is 2.38. The van der Waals surface area contributed by atoms with E-state index >= 15 is 0 Å². The van der Waals surface area contributed by atoms with E-state index in [9.17, 15) is 13.2 Å². The van der Waals surface area contributed by atoms with Crippen molar-refractivity contribution in [1.29, 1.82) is 0 Å². The summed E-state index contributed by atoms with van der Waals surface area (Å²) in [6.45, 7) is 4.47. The molecular formula is C12H16Cl2N2O3S3. The summed E-state index contributed by atoms with van der Waals surface area (Å²) in [6, 6.07) is 0.610. The molecule has 1 atom stereocenters. The van der Waals surface area contributed by atoms with Gasteiger partial charge in [0, 0.05) is 12.3 Å². The maximum Gasteiger partial charge on any atom is 0.246 e. The van der Waals surface area contributed by atoms with Crippen LogP contribution in [0.1, 0.15) is 13.8 Å². The van der Waals surface area contributed by atoms with Crippen LogP contribution in [0.25, 0.3) is 0 Å². The highest BCUT2D eigenvalue weighted by molar-refractivity contribution is 8.00. The van der Waals surface area contributed by atoms with Gasteiger partial charge in [-0.05, 0) is 12.0 Å². The third-order valence-corrected chi connectivity index (χ3v) is 7.82. The Bertz CT molecular complexity index is 661. The van der Waals surface area contributed by atoms with E-state index in [1.165, 1.54) is 22.1 Å². The summed E-state index contributed by atoms with van der Waals surface area (Å²) >= 11 is 14.2. The minimum Gasteiger partial charge on any atom is -0.354 e. The highest BCUT2D eigenvalue weighted by atomic mass is 35.5. The van der Waals surface area contributed by atoms with Gasteiger partial charge in [-0.1, -0.05) is 37.0 Å². The number of carbonyl (C=O) groups excluding carboxylic acids is 1. The van der Waals surface area contributed by atoms with Gasteiger partial charge in [-0.25, -0.2) is 8.42 Å². The summed E-state index contributed by atoms with van der Waals surface area (Å²) < 4.78 is 27.0. The molecule has 0 radical (unpaired) electrons. The van der Waals surface area contributed by atoms with Gasteiger partial charge in [-0.2, -0.15) is 4.31 Å². The fourth-order valence-corrected chi connectivity index (χ4v) is 7.18. The summed E-state index contributed by atoms with van der Waals surface area (Å²) in [6.07, 6.45) is 0. The predicted octanol–water partition coefficient (Wildman–Crippen LogP) is 2.89. The number of thiophene rings is 1. The summed E-state index contributed by atoms with van der Waals surface area (Å²) in [5.41, 5.74) is 0. The van der Waals surface area contributed by atoms with Crippen LogP contribution in [0.3, 0.4) is 0 Å². The second-order valence-electron chi connectivity index (χ2n) is 5.24. The monoisotopic (exact) mass is 402 g/mol. The fourth-order valence-electron chi connectivity index (χ4n) is 1.92. The number of halogens is 2. The average molecular weight is 403 g/mol. The van der Waals surface area contributed by atoms with Crippen LogP contribution in [0, 0.1) is 5.92 Å². The molecule has 1 fully saturated rings. The van der Waals surface area contributed by atoms with Crippen molar-refractivity contribution in [3.63, 3.8) is 0 Å². The van der Waals surface area contributed by atoms with E-state index in [0.29, 0.717) is 22.6 Å². The van der Waals surface area contributed by atoms with Gasteiger partial charge in [0.25, 0.3) is 0 Å². The molecule has 0 aliphatic carbocycles. The van der Waals surface area contributed by atoms with Crippen molar-refractivity contribution in [2.45, 2.75) is 24.8 Å². The molecule has 1 unspecified atom stereocenters. The summed E-state index contributed by atoms with van der Waals surface area (Å²) in [5, 5.41) is 2.78. The van der Waals surface area contributed by atoms with Gasteiger partial charge >= 0.3 is 0 Å². The van der Waals surface area contributed by atoms with Crippen molar-refractivity contribution in [2.24, 2.45) is 5.92 Å². The second kappa shape index (κ2) is 7.27. The molecule has 0 spiro atoms. The van der Waals surface area contributed by atoms with Gasteiger partial charge in [0.05, 0.1) is 10.2 Å². The molecule has 1 amide bonds. The number of thioether (sulfide) groups is 1. The molecule has 1 saturated heterocycles. The Labute approximate surface area is 148 Å². The van der Waals surface area contributed by atoms with E-state index in [-0.39, 0.29) is 21.0 Å². The van der Waals surface area contributed by atoms with Crippen molar-refractivity contribution in [3.8, 4) is 0 Å². The third-order valence-electron chi connectivity index (χ3n) is 3.04. The number of rotatable bonds is 5. The van der Waals surface area contributed by atoms with Crippen LogP contribution < -0.4 is 5.32 Å². The lowest BCUT2D eigenvalue weighted by Gasteiger charge is -2.22. The first-order valence-electron chi connectivity index (χ1n) is 6.55. The van der Waals surface area contributed by atoms with Gasteiger partial charge in [-0.3, -0.25) is 4.79 Å². The first-order chi connectivity index (χ1) is 10.2. The van der Waals surface area contributed by atoms with Crippen LogP contribution in [-0.2, 0) is 14.8 Å². The molecule has 1 aromatic heterocycles. The summed E-state index contributed by atoms with van der Waals surface area (Å²) in [5.74, 6) is 0.678. The largest absolute Gasteiger partial charge is 0.354 e. The molecule has 1 aliphatic heterocycles. The Hall–Kier alpha value is 0.01000. The third kappa shape index (κ3) is 3.91. The first-order valence-corrected chi connectivity index (χ1v) is 10.7. The molecule has 1 aliphatic rings. The zero-order valence-corrected chi connectivity index (χ0v) is 16.0. The smallest absolute Gasteiger partial charge is 0.246 e. The average Bonchev–Trinajstić information content (AvgIpc) is 3.03. The molecular weight excluding hydrogens is 387 g/mol. The summed E-state index contributed by atoms with van der Waals surface area (Å²) in [7, 11) is -3.84.